The van der Waals surface area contributed by atoms with Crippen molar-refractivity contribution in [3.05, 3.63) is 35.9 Å². The van der Waals surface area contributed by atoms with E-state index in [-0.39, 0.29) is 38.7 Å². The van der Waals surface area contributed by atoms with Gasteiger partial charge in [0, 0.05) is 22.3 Å². The van der Waals surface area contributed by atoms with Crippen LogP contribution in [-0.4, -0.2) is 61.9 Å². The summed E-state index contributed by atoms with van der Waals surface area (Å²) >= 11 is 0. The molecule has 5 amide bonds. The quantitative estimate of drug-likeness (QED) is 0.162. The lowest BCUT2D eigenvalue weighted by atomic mass is 10.1. The summed E-state index contributed by atoms with van der Waals surface area (Å²) in [5.41, 5.74) is 0.803. The molecule has 182 valence electrons. The predicted octanol–water partition coefficient (Wildman–Crippen LogP) is -0.867. The van der Waals surface area contributed by atoms with Gasteiger partial charge in [0.25, 0.3) is 0 Å². The average Bonchev–Trinajstić information content (AvgIpc) is 2.82. The number of hydrogen-bond donors (Lipinski definition) is 5. The van der Waals surface area contributed by atoms with E-state index in [9.17, 15) is 24.0 Å². The van der Waals surface area contributed by atoms with E-state index in [4.69, 9.17) is 0 Å². The summed E-state index contributed by atoms with van der Waals surface area (Å²) in [7, 11) is 1.99. The molecule has 0 saturated heterocycles. The highest BCUT2D eigenvalue weighted by molar-refractivity contribution is 7.09. The smallest absolute Gasteiger partial charge is 0.243 e. The van der Waals surface area contributed by atoms with E-state index in [0.717, 1.165) is 18.4 Å². The van der Waals surface area contributed by atoms with Crippen molar-refractivity contribution in [1.29, 1.82) is 0 Å². The lowest BCUT2D eigenvalue weighted by Crippen LogP contribution is -2.52. The number of hydrogen-bond acceptors (Lipinski definition) is 6. The van der Waals surface area contributed by atoms with Crippen LogP contribution < -0.4 is 26.6 Å². The van der Waals surface area contributed by atoms with Gasteiger partial charge in [-0.25, -0.2) is 0 Å². The molecule has 0 aliphatic rings. The summed E-state index contributed by atoms with van der Waals surface area (Å²) in [5, 5.41) is 12.3. The Kier molecular flexibility index (Phi) is 14.1. The van der Waals surface area contributed by atoms with Gasteiger partial charge in [-0.15, -0.1) is 0 Å². The van der Waals surface area contributed by atoms with Crippen LogP contribution in [0.25, 0.3) is 0 Å². The molecule has 1 unspecified atom stereocenters. The topological polar surface area (TPSA) is 155 Å². The molecular weight excluding hydrogens is 449 g/mol. The highest BCUT2D eigenvalue weighted by atomic mass is 31.0. The highest BCUT2D eigenvalue weighted by Crippen LogP contribution is 2.03. The fourth-order valence-corrected chi connectivity index (χ4v) is 2.71. The Morgan fingerprint density at radius 2 is 1.45 bits per heavy atom. The van der Waals surface area contributed by atoms with E-state index in [2.05, 4.69) is 31.1 Å². The molecule has 2 atom stereocenters. The minimum absolute atomic E-state index is 0.0255. The van der Waals surface area contributed by atoms with Crippen LogP contribution in [0.4, 0.5) is 0 Å². The maximum Gasteiger partial charge on any atom is 0.243 e. The lowest BCUT2D eigenvalue weighted by Gasteiger charge is -2.19. The van der Waals surface area contributed by atoms with E-state index >= 15 is 0 Å². The second-order valence-electron chi connectivity index (χ2n) is 7.10. The molecule has 0 aliphatic heterocycles. The molecule has 0 aromatic heterocycles. The molecule has 11 nitrogen and oxygen atoms in total. The molecule has 5 N–H and O–H groups in total. The standard InChI is InChI=1S/C21H32N5O6P/c1-2-3-9-17(27)22-11-18(28)23-13-20(30)26-16(10-15-7-5-4-6-8-15)21(31)24-12-19(29)25-14-32-33/h4-8,16H,2-3,9-14,33H2,1H3,(H,22,27)(H,23,28)(H,24,31)(H,25,29)(H,26,30)/t16-/m0/s1. The number of unbranched alkanes of at least 4 members (excludes halogenated alkanes) is 1. The first-order chi connectivity index (χ1) is 15.8. The van der Waals surface area contributed by atoms with E-state index in [0.29, 0.717) is 6.42 Å². The number of benzene rings is 1. The van der Waals surface area contributed by atoms with Crippen LogP contribution in [0.5, 0.6) is 0 Å². The molecule has 12 heteroatoms. The zero-order chi connectivity index (χ0) is 24.5. The van der Waals surface area contributed by atoms with Crippen LogP contribution in [-0.2, 0) is 34.9 Å². The van der Waals surface area contributed by atoms with Crippen LogP contribution >= 0.6 is 9.47 Å². The Labute approximate surface area is 195 Å². The maximum atomic E-state index is 12.6. The molecule has 0 radical (unpaired) electrons. The largest absolute Gasteiger partial charge is 0.347 e. The minimum atomic E-state index is -0.962. The molecule has 0 heterocycles. The monoisotopic (exact) mass is 481 g/mol. The van der Waals surface area contributed by atoms with Crippen molar-refractivity contribution < 1.29 is 28.5 Å². The SMILES string of the molecule is CCCCC(=O)NCC(=O)NCC(=O)N[C@@H](Cc1ccccc1)C(=O)NCC(=O)NCOP. The highest BCUT2D eigenvalue weighted by Gasteiger charge is 2.22. The van der Waals surface area contributed by atoms with Crippen molar-refractivity contribution in [1.82, 2.24) is 26.6 Å². The number of carbonyl (C=O) groups is 5. The molecule has 1 aromatic carbocycles. The van der Waals surface area contributed by atoms with Gasteiger partial charge in [-0.3, -0.25) is 24.0 Å². The minimum Gasteiger partial charge on any atom is -0.347 e. The molecular formula is C21H32N5O6P. The van der Waals surface area contributed by atoms with Gasteiger partial charge in [-0.1, -0.05) is 43.7 Å². The van der Waals surface area contributed by atoms with Gasteiger partial charge < -0.3 is 31.1 Å². The fourth-order valence-electron chi connectivity index (χ4n) is 2.63. The molecule has 0 aliphatic carbocycles. The Bertz CT molecular complexity index is 793. The number of carbonyl (C=O) groups excluding carboxylic acids is 5. The Morgan fingerprint density at radius 1 is 0.848 bits per heavy atom. The zero-order valence-corrected chi connectivity index (χ0v) is 19.8. The molecule has 0 saturated carbocycles. The summed E-state index contributed by atoms with van der Waals surface area (Å²) in [6, 6.07) is 8.08. The molecule has 33 heavy (non-hydrogen) atoms. The van der Waals surface area contributed by atoms with Gasteiger partial charge >= 0.3 is 0 Å². The normalized spacial score (nSPS) is 11.1. The van der Waals surface area contributed by atoms with Gasteiger partial charge in [0.1, 0.15) is 12.8 Å². The maximum absolute atomic E-state index is 12.6. The van der Waals surface area contributed by atoms with Crippen LogP contribution in [0, 0.1) is 0 Å². The van der Waals surface area contributed by atoms with Crippen LogP contribution in [0.3, 0.4) is 0 Å². The van der Waals surface area contributed by atoms with Crippen molar-refractivity contribution in [3.8, 4) is 0 Å². The molecule has 0 fully saturated rings. The third-order valence-corrected chi connectivity index (χ3v) is 4.53. The van der Waals surface area contributed by atoms with Gasteiger partial charge in [-0.2, -0.15) is 0 Å². The van der Waals surface area contributed by atoms with E-state index in [1.807, 2.05) is 22.5 Å². The van der Waals surface area contributed by atoms with Crippen molar-refractivity contribution in [2.24, 2.45) is 0 Å². The third kappa shape index (κ3) is 13.2. The Balaban J connectivity index is 2.56. The fraction of sp³-hybridized carbons (Fsp3) is 0.476. The van der Waals surface area contributed by atoms with Crippen LogP contribution in [0.1, 0.15) is 31.7 Å². The Hall–Kier alpha value is -3.04. The number of nitrogens with one attached hydrogen (secondary N) is 5. The predicted molar refractivity (Wildman–Crippen MR) is 124 cm³/mol. The summed E-state index contributed by atoms with van der Waals surface area (Å²) in [4.78, 5) is 60.0. The summed E-state index contributed by atoms with van der Waals surface area (Å²) in [6.45, 7) is 1.04. The van der Waals surface area contributed by atoms with Gasteiger partial charge in [0.15, 0.2) is 0 Å². The first kappa shape index (κ1) is 28.0. The first-order valence-electron chi connectivity index (χ1n) is 10.6. The van der Waals surface area contributed by atoms with E-state index in [1.165, 1.54) is 0 Å². The number of amides is 5. The summed E-state index contributed by atoms with van der Waals surface area (Å²) in [5.74, 6) is -2.35. The average molecular weight is 481 g/mol. The lowest BCUT2D eigenvalue weighted by molar-refractivity contribution is -0.131. The Morgan fingerprint density at radius 3 is 2.12 bits per heavy atom. The zero-order valence-electron chi connectivity index (χ0n) is 18.6. The van der Waals surface area contributed by atoms with Crippen LogP contribution in [0.2, 0.25) is 0 Å². The van der Waals surface area contributed by atoms with Crippen molar-refractivity contribution >= 4 is 39.0 Å². The van der Waals surface area contributed by atoms with Gasteiger partial charge in [0.2, 0.25) is 29.5 Å². The second kappa shape index (κ2) is 16.6. The van der Waals surface area contributed by atoms with Crippen molar-refractivity contribution in [2.45, 2.75) is 38.6 Å². The first-order valence-corrected chi connectivity index (χ1v) is 11.1. The van der Waals surface area contributed by atoms with Gasteiger partial charge in [0.05, 0.1) is 19.6 Å². The molecule has 1 rings (SSSR count). The van der Waals surface area contributed by atoms with E-state index < -0.39 is 29.7 Å². The molecule has 1 aromatic rings. The number of rotatable bonds is 15. The van der Waals surface area contributed by atoms with Crippen molar-refractivity contribution in [3.63, 3.8) is 0 Å². The van der Waals surface area contributed by atoms with E-state index in [1.54, 1.807) is 24.3 Å². The van der Waals surface area contributed by atoms with Crippen LogP contribution in [0.15, 0.2) is 30.3 Å². The van der Waals surface area contributed by atoms with Gasteiger partial charge in [-0.05, 0) is 12.0 Å². The second-order valence-corrected chi connectivity index (χ2v) is 7.43. The molecule has 0 spiro atoms. The van der Waals surface area contributed by atoms with Crippen molar-refractivity contribution in [2.75, 3.05) is 26.4 Å². The summed E-state index contributed by atoms with van der Waals surface area (Å²) < 4.78 is 4.65. The third-order valence-electron chi connectivity index (χ3n) is 4.36. The molecule has 0 bridgehead atoms. The summed E-state index contributed by atoms with van der Waals surface area (Å²) in [6.07, 6.45) is 2.13.